The molecule has 9 heteroatoms. The van der Waals surface area contributed by atoms with Crippen LogP contribution in [0.5, 0.6) is 0 Å². The molecular formula is C29H35N5O3S. The Bertz CT molecular complexity index is 1260. The van der Waals surface area contributed by atoms with Crippen molar-refractivity contribution in [1.82, 2.24) is 19.7 Å². The van der Waals surface area contributed by atoms with Crippen molar-refractivity contribution < 1.29 is 14.4 Å². The topological polar surface area (TPSA) is 85.8 Å². The van der Waals surface area contributed by atoms with Gasteiger partial charge in [0, 0.05) is 36.6 Å². The highest BCUT2D eigenvalue weighted by Crippen LogP contribution is 2.29. The van der Waals surface area contributed by atoms with E-state index < -0.39 is 0 Å². The summed E-state index contributed by atoms with van der Waals surface area (Å²) < 4.78 is 0. The van der Waals surface area contributed by atoms with Gasteiger partial charge in [0.15, 0.2) is 5.13 Å². The summed E-state index contributed by atoms with van der Waals surface area (Å²) in [5, 5.41) is 5.06. The third kappa shape index (κ3) is 7.72. The molecule has 2 aromatic carbocycles. The van der Waals surface area contributed by atoms with Gasteiger partial charge in [0.1, 0.15) is 6.54 Å². The molecule has 1 aliphatic carbocycles. The van der Waals surface area contributed by atoms with Gasteiger partial charge in [0.05, 0.1) is 12.1 Å². The van der Waals surface area contributed by atoms with E-state index in [1.54, 1.807) is 16.3 Å². The smallest absolute Gasteiger partial charge is 0.254 e. The number of nitrogens with one attached hydrogen (secondary N) is 1. The Kier molecular flexibility index (Phi) is 9.25. The van der Waals surface area contributed by atoms with Crippen LogP contribution in [0.25, 0.3) is 0 Å². The lowest BCUT2D eigenvalue weighted by molar-refractivity contribution is -0.131. The number of carbonyl (C=O) groups excluding carboxylic acids is 3. The molecule has 8 nitrogen and oxygen atoms in total. The number of thiazole rings is 1. The van der Waals surface area contributed by atoms with Crippen molar-refractivity contribution >= 4 is 34.2 Å². The van der Waals surface area contributed by atoms with E-state index in [2.05, 4.69) is 15.2 Å². The van der Waals surface area contributed by atoms with Gasteiger partial charge in [-0.25, -0.2) is 4.98 Å². The van der Waals surface area contributed by atoms with Crippen molar-refractivity contribution in [3.05, 3.63) is 82.4 Å². The Morgan fingerprint density at radius 2 is 1.71 bits per heavy atom. The average molecular weight is 534 g/mol. The van der Waals surface area contributed by atoms with Gasteiger partial charge in [0.25, 0.3) is 5.91 Å². The first-order valence-corrected chi connectivity index (χ1v) is 13.8. The molecule has 1 fully saturated rings. The highest BCUT2D eigenvalue weighted by atomic mass is 32.1. The predicted molar refractivity (Wildman–Crippen MR) is 150 cm³/mol. The third-order valence-electron chi connectivity index (χ3n) is 6.45. The molecule has 1 aromatic heterocycles. The summed E-state index contributed by atoms with van der Waals surface area (Å²) in [7, 11) is 3.97. The molecule has 200 valence electrons. The second-order valence-corrected chi connectivity index (χ2v) is 10.8. The SMILES string of the molecule is Cc1ccccc1C(=O)N(CC(=O)Nc1nc(CC(=O)N(CCN(C)C)Cc2ccccc2)cs1)C1CC1. The molecule has 0 radical (unpaired) electrons. The van der Waals surface area contributed by atoms with Crippen LogP contribution in [-0.4, -0.2) is 77.2 Å². The summed E-state index contributed by atoms with van der Waals surface area (Å²) in [5.74, 6) is -0.423. The summed E-state index contributed by atoms with van der Waals surface area (Å²) in [5.41, 5.74) is 3.21. The van der Waals surface area contributed by atoms with Crippen LogP contribution in [0.2, 0.25) is 0 Å². The Labute approximate surface area is 228 Å². The van der Waals surface area contributed by atoms with Crippen molar-refractivity contribution in [3.8, 4) is 0 Å². The molecule has 1 N–H and O–H groups in total. The molecule has 1 saturated carbocycles. The van der Waals surface area contributed by atoms with Crippen LogP contribution in [0.1, 0.15) is 40.0 Å². The van der Waals surface area contributed by atoms with Crippen molar-refractivity contribution in [1.29, 1.82) is 0 Å². The molecule has 0 aliphatic heterocycles. The lowest BCUT2D eigenvalue weighted by atomic mass is 10.1. The number of hydrogen-bond donors (Lipinski definition) is 1. The zero-order valence-electron chi connectivity index (χ0n) is 22.2. The van der Waals surface area contributed by atoms with Crippen LogP contribution in [0.4, 0.5) is 5.13 Å². The summed E-state index contributed by atoms with van der Waals surface area (Å²) in [6, 6.07) is 17.5. The quantitative estimate of drug-likeness (QED) is 0.383. The number of rotatable bonds is 12. The third-order valence-corrected chi connectivity index (χ3v) is 7.26. The van der Waals surface area contributed by atoms with Crippen molar-refractivity contribution in [2.24, 2.45) is 0 Å². The number of anilines is 1. The maximum Gasteiger partial charge on any atom is 0.254 e. The molecule has 4 rings (SSSR count). The molecular weight excluding hydrogens is 498 g/mol. The van der Waals surface area contributed by atoms with Crippen molar-refractivity contribution in [3.63, 3.8) is 0 Å². The number of carbonyl (C=O) groups is 3. The molecule has 3 aromatic rings. The molecule has 1 heterocycles. The minimum absolute atomic E-state index is 0.0115. The predicted octanol–water partition coefficient (Wildman–Crippen LogP) is 3.83. The Morgan fingerprint density at radius 1 is 1.00 bits per heavy atom. The fourth-order valence-corrected chi connectivity index (χ4v) is 4.89. The van der Waals surface area contributed by atoms with Gasteiger partial charge in [-0.05, 0) is 51.1 Å². The summed E-state index contributed by atoms with van der Waals surface area (Å²) >= 11 is 1.29. The molecule has 0 saturated heterocycles. The summed E-state index contributed by atoms with van der Waals surface area (Å²) in [6.07, 6.45) is 1.97. The summed E-state index contributed by atoms with van der Waals surface area (Å²) in [6.45, 7) is 3.78. The number of aromatic nitrogens is 1. The van der Waals surface area contributed by atoms with Crippen molar-refractivity contribution in [2.45, 2.75) is 38.8 Å². The van der Waals surface area contributed by atoms with Gasteiger partial charge in [-0.15, -0.1) is 11.3 Å². The Morgan fingerprint density at radius 3 is 2.39 bits per heavy atom. The number of amides is 3. The number of likely N-dealkylation sites (N-methyl/N-ethyl adjacent to an activating group) is 1. The largest absolute Gasteiger partial charge is 0.337 e. The molecule has 0 unspecified atom stereocenters. The minimum atomic E-state index is -0.289. The van der Waals surface area contributed by atoms with Crippen LogP contribution in [0, 0.1) is 6.92 Å². The van der Waals surface area contributed by atoms with Crippen molar-refractivity contribution in [2.75, 3.05) is 39.0 Å². The van der Waals surface area contributed by atoms with Gasteiger partial charge < -0.3 is 20.0 Å². The zero-order chi connectivity index (χ0) is 27.1. The molecule has 0 atom stereocenters. The first-order valence-electron chi connectivity index (χ1n) is 12.9. The fourth-order valence-electron chi connectivity index (χ4n) is 4.16. The maximum absolute atomic E-state index is 13.2. The first kappa shape index (κ1) is 27.5. The molecule has 38 heavy (non-hydrogen) atoms. The van der Waals surface area contributed by atoms with E-state index in [1.165, 1.54) is 11.3 Å². The van der Waals surface area contributed by atoms with Crippen LogP contribution in [-0.2, 0) is 22.6 Å². The second-order valence-electron chi connectivity index (χ2n) is 9.95. The van der Waals surface area contributed by atoms with E-state index >= 15 is 0 Å². The van der Waals surface area contributed by atoms with E-state index in [9.17, 15) is 14.4 Å². The number of nitrogens with zero attached hydrogens (tertiary/aromatic N) is 4. The number of benzene rings is 2. The molecule has 3 amide bonds. The monoisotopic (exact) mass is 533 g/mol. The van der Waals surface area contributed by atoms with E-state index in [1.807, 2.05) is 74.4 Å². The standard InChI is InChI=1S/C29H35N5O3S/c1-21-9-7-8-12-25(21)28(37)34(24-13-14-24)19-26(35)31-29-30-23(20-38-29)17-27(36)33(16-15-32(2)3)18-22-10-5-4-6-11-22/h4-12,20,24H,13-19H2,1-3H3,(H,30,31,35). The fraction of sp³-hybridized carbons (Fsp3) is 0.379. The van der Waals surface area contributed by atoms with E-state index in [4.69, 9.17) is 0 Å². The van der Waals surface area contributed by atoms with Crippen LogP contribution in [0.15, 0.2) is 60.0 Å². The first-order chi connectivity index (χ1) is 18.3. The van der Waals surface area contributed by atoms with Gasteiger partial charge in [-0.1, -0.05) is 48.5 Å². The maximum atomic E-state index is 13.2. The number of aryl methyl sites for hydroxylation is 1. The molecule has 1 aliphatic rings. The summed E-state index contributed by atoms with van der Waals surface area (Å²) in [4.78, 5) is 49.2. The number of hydrogen-bond acceptors (Lipinski definition) is 6. The van der Waals surface area contributed by atoms with Gasteiger partial charge >= 0.3 is 0 Å². The van der Waals surface area contributed by atoms with Gasteiger partial charge in [0.2, 0.25) is 11.8 Å². The van der Waals surface area contributed by atoms with E-state index in [0.29, 0.717) is 29.5 Å². The Hall–Kier alpha value is -3.56. The highest BCUT2D eigenvalue weighted by molar-refractivity contribution is 7.13. The Balaban J connectivity index is 1.35. The van der Waals surface area contributed by atoms with Crippen LogP contribution < -0.4 is 5.32 Å². The van der Waals surface area contributed by atoms with E-state index in [0.717, 1.165) is 30.5 Å². The second kappa shape index (κ2) is 12.8. The highest BCUT2D eigenvalue weighted by Gasteiger charge is 2.34. The molecule has 0 bridgehead atoms. The normalized spacial score (nSPS) is 12.8. The van der Waals surface area contributed by atoms with E-state index in [-0.39, 0.29) is 36.7 Å². The van der Waals surface area contributed by atoms with Crippen LogP contribution in [0.3, 0.4) is 0 Å². The zero-order valence-corrected chi connectivity index (χ0v) is 23.0. The lowest BCUT2D eigenvalue weighted by Crippen LogP contribution is -2.39. The average Bonchev–Trinajstić information content (AvgIpc) is 3.65. The lowest BCUT2D eigenvalue weighted by Gasteiger charge is -2.24. The van der Waals surface area contributed by atoms with Gasteiger partial charge in [-0.2, -0.15) is 0 Å². The minimum Gasteiger partial charge on any atom is -0.337 e. The molecule has 0 spiro atoms. The van der Waals surface area contributed by atoms with Crippen LogP contribution >= 0.6 is 11.3 Å². The van der Waals surface area contributed by atoms with Gasteiger partial charge in [-0.3, -0.25) is 14.4 Å².